The van der Waals surface area contributed by atoms with Crippen molar-refractivity contribution in [2.45, 2.75) is 12.8 Å². The molecule has 0 aromatic heterocycles. The van der Waals surface area contributed by atoms with Crippen molar-refractivity contribution in [1.82, 2.24) is 5.32 Å². The second-order valence-corrected chi connectivity index (χ2v) is 5.44. The van der Waals surface area contributed by atoms with Gasteiger partial charge in [-0.25, -0.2) is 0 Å². The van der Waals surface area contributed by atoms with Crippen molar-refractivity contribution in [2.75, 3.05) is 6.54 Å². The van der Waals surface area contributed by atoms with Gasteiger partial charge in [0.1, 0.15) is 0 Å². The summed E-state index contributed by atoms with van der Waals surface area (Å²) in [6.07, 6.45) is 2.26. The van der Waals surface area contributed by atoms with Crippen molar-refractivity contribution in [3.05, 3.63) is 57.6 Å². The minimum absolute atomic E-state index is 0.0184. The van der Waals surface area contributed by atoms with Gasteiger partial charge in [0.15, 0.2) is 5.78 Å². The number of hydrogen-bond donors (Lipinski definition) is 1. The Morgan fingerprint density at radius 2 is 2.05 bits per heavy atom. The zero-order chi connectivity index (χ0) is 14.7. The molecule has 1 N–H and O–H groups in total. The maximum Gasteiger partial charge on any atom is 0.224 e. The normalized spacial score (nSPS) is 14.4. The number of amides is 1. The molecule has 0 spiro atoms. The molecule has 0 heterocycles. The van der Waals surface area contributed by atoms with Crippen LogP contribution in [0.25, 0.3) is 0 Å². The van der Waals surface area contributed by atoms with Gasteiger partial charge >= 0.3 is 0 Å². The highest BCUT2D eigenvalue weighted by Gasteiger charge is 2.18. The first-order valence-corrected chi connectivity index (χ1v) is 6.83. The Kier molecular flexibility index (Phi) is 4.63. The van der Waals surface area contributed by atoms with Gasteiger partial charge in [-0.2, -0.15) is 0 Å². The average molecular weight is 310 g/mol. The molecule has 1 amide bonds. The van der Waals surface area contributed by atoms with Gasteiger partial charge in [-0.05, 0) is 23.3 Å². The van der Waals surface area contributed by atoms with Crippen LogP contribution in [0, 0.1) is 0 Å². The van der Waals surface area contributed by atoms with Gasteiger partial charge in [0.05, 0.1) is 16.5 Å². The van der Waals surface area contributed by atoms with Crippen molar-refractivity contribution in [2.24, 2.45) is 0 Å². The average Bonchev–Trinajstić information content (AvgIpc) is 2.70. The zero-order valence-electron chi connectivity index (χ0n) is 10.7. The fourth-order valence-electron chi connectivity index (χ4n) is 1.94. The maximum atomic E-state index is 11.8. The molecule has 0 saturated carbocycles. The minimum atomic E-state index is -0.172. The van der Waals surface area contributed by atoms with Crippen LogP contribution in [-0.4, -0.2) is 18.2 Å². The third-order valence-electron chi connectivity index (χ3n) is 2.95. The van der Waals surface area contributed by atoms with E-state index < -0.39 is 0 Å². The third-order valence-corrected chi connectivity index (χ3v) is 3.69. The molecular formula is C15H13Cl2NO2. The van der Waals surface area contributed by atoms with Gasteiger partial charge < -0.3 is 5.32 Å². The fourth-order valence-corrected chi connectivity index (χ4v) is 2.26. The number of ketones is 1. The van der Waals surface area contributed by atoms with E-state index in [-0.39, 0.29) is 24.7 Å². The number of rotatable bonds is 4. The molecule has 0 unspecified atom stereocenters. The van der Waals surface area contributed by atoms with E-state index in [9.17, 15) is 9.59 Å². The Morgan fingerprint density at radius 1 is 1.30 bits per heavy atom. The van der Waals surface area contributed by atoms with E-state index in [4.69, 9.17) is 23.2 Å². The Labute approximate surface area is 127 Å². The monoisotopic (exact) mass is 309 g/mol. The molecule has 104 valence electrons. The van der Waals surface area contributed by atoms with Crippen LogP contribution in [-0.2, 0) is 16.0 Å². The number of hydrogen-bond acceptors (Lipinski definition) is 2. The molecule has 20 heavy (non-hydrogen) atoms. The molecule has 0 bridgehead atoms. The summed E-state index contributed by atoms with van der Waals surface area (Å²) in [7, 11) is 0. The van der Waals surface area contributed by atoms with Crippen molar-refractivity contribution >= 4 is 34.9 Å². The first-order chi connectivity index (χ1) is 9.45. The van der Waals surface area contributed by atoms with Crippen molar-refractivity contribution < 1.29 is 9.59 Å². The lowest BCUT2D eigenvalue weighted by atomic mass is 10.1. The van der Waals surface area contributed by atoms with E-state index in [1.807, 2.05) is 0 Å². The van der Waals surface area contributed by atoms with E-state index in [0.29, 0.717) is 22.0 Å². The summed E-state index contributed by atoms with van der Waals surface area (Å²) in [5.74, 6) is -0.153. The summed E-state index contributed by atoms with van der Waals surface area (Å²) in [5.41, 5.74) is 2.15. The lowest BCUT2D eigenvalue weighted by molar-refractivity contribution is -0.120. The summed E-state index contributed by atoms with van der Waals surface area (Å²) >= 11 is 11.7. The highest BCUT2D eigenvalue weighted by molar-refractivity contribution is 6.42. The van der Waals surface area contributed by atoms with Gasteiger partial charge in [-0.1, -0.05) is 41.9 Å². The summed E-state index contributed by atoms with van der Waals surface area (Å²) in [6.45, 7) is 3.96. The number of allylic oxidation sites excluding steroid dienone is 2. The number of halogens is 2. The number of carbonyl (C=O) groups is 2. The fraction of sp³-hybridized carbons (Fsp3) is 0.200. The van der Waals surface area contributed by atoms with Crippen LogP contribution in [0.4, 0.5) is 0 Å². The van der Waals surface area contributed by atoms with Gasteiger partial charge in [0.25, 0.3) is 0 Å². The van der Waals surface area contributed by atoms with E-state index >= 15 is 0 Å². The van der Waals surface area contributed by atoms with Crippen LogP contribution >= 0.6 is 23.2 Å². The van der Waals surface area contributed by atoms with Crippen molar-refractivity contribution in [1.29, 1.82) is 0 Å². The molecule has 0 aliphatic heterocycles. The van der Waals surface area contributed by atoms with Crippen LogP contribution in [0.5, 0.6) is 0 Å². The van der Waals surface area contributed by atoms with Gasteiger partial charge in [-0.3, -0.25) is 9.59 Å². The minimum Gasteiger partial charge on any atom is -0.352 e. The second kappa shape index (κ2) is 6.25. The SMILES string of the molecule is C=C1C=C(CNC(=O)Cc2ccc(Cl)c(Cl)c2)C(=O)C1. The molecule has 0 fully saturated rings. The zero-order valence-corrected chi connectivity index (χ0v) is 12.2. The molecular weight excluding hydrogens is 297 g/mol. The Balaban J connectivity index is 1.90. The first-order valence-electron chi connectivity index (χ1n) is 6.08. The highest BCUT2D eigenvalue weighted by Crippen LogP contribution is 2.22. The largest absolute Gasteiger partial charge is 0.352 e. The molecule has 0 radical (unpaired) electrons. The van der Waals surface area contributed by atoms with Crippen LogP contribution in [0.15, 0.2) is 42.0 Å². The third kappa shape index (κ3) is 3.71. The number of nitrogens with one attached hydrogen (secondary N) is 1. The molecule has 0 saturated heterocycles. The Bertz CT molecular complexity index is 620. The summed E-state index contributed by atoms with van der Waals surface area (Å²) in [5, 5.41) is 3.59. The maximum absolute atomic E-state index is 11.8. The standard InChI is InChI=1S/C15H13Cl2NO2/c1-9-4-11(14(19)5-9)8-18-15(20)7-10-2-3-12(16)13(17)6-10/h2-4,6H,1,5,7-8H2,(H,18,20). The van der Waals surface area contributed by atoms with Crippen molar-refractivity contribution in [3.8, 4) is 0 Å². The molecule has 5 heteroatoms. The number of benzene rings is 1. The van der Waals surface area contributed by atoms with Crippen LogP contribution < -0.4 is 5.32 Å². The molecule has 1 aromatic rings. The predicted molar refractivity (Wildman–Crippen MR) is 80.0 cm³/mol. The lowest BCUT2D eigenvalue weighted by Gasteiger charge is -2.06. The van der Waals surface area contributed by atoms with Crippen molar-refractivity contribution in [3.63, 3.8) is 0 Å². The summed E-state index contributed by atoms with van der Waals surface area (Å²) in [4.78, 5) is 23.3. The van der Waals surface area contributed by atoms with E-state index in [0.717, 1.165) is 11.1 Å². The van der Waals surface area contributed by atoms with Crippen LogP contribution in [0.1, 0.15) is 12.0 Å². The quantitative estimate of drug-likeness (QED) is 0.929. The first kappa shape index (κ1) is 14.8. The van der Waals surface area contributed by atoms with Gasteiger partial charge in [0, 0.05) is 18.5 Å². The van der Waals surface area contributed by atoms with Gasteiger partial charge in [-0.15, -0.1) is 0 Å². The predicted octanol–water partition coefficient (Wildman–Crippen LogP) is 3.11. The second-order valence-electron chi connectivity index (χ2n) is 4.63. The Hall–Kier alpha value is -1.58. The van der Waals surface area contributed by atoms with E-state index in [1.54, 1.807) is 24.3 Å². The highest BCUT2D eigenvalue weighted by atomic mass is 35.5. The van der Waals surface area contributed by atoms with Crippen LogP contribution in [0.2, 0.25) is 10.0 Å². The smallest absolute Gasteiger partial charge is 0.224 e. The van der Waals surface area contributed by atoms with Crippen LogP contribution in [0.3, 0.4) is 0 Å². The molecule has 2 rings (SSSR count). The molecule has 1 aliphatic carbocycles. The molecule has 1 aliphatic rings. The summed E-state index contributed by atoms with van der Waals surface area (Å²) < 4.78 is 0. The van der Waals surface area contributed by atoms with Gasteiger partial charge in [0.2, 0.25) is 5.91 Å². The van der Waals surface area contributed by atoms with E-state index in [1.165, 1.54) is 0 Å². The topological polar surface area (TPSA) is 46.2 Å². The summed E-state index contributed by atoms with van der Waals surface area (Å²) in [6, 6.07) is 5.06. The molecule has 0 atom stereocenters. The lowest BCUT2D eigenvalue weighted by Crippen LogP contribution is -2.28. The molecule has 1 aromatic carbocycles. The Morgan fingerprint density at radius 3 is 2.65 bits per heavy atom. The number of Topliss-reactive ketones (excluding diaryl/α,β-unsaturated/α-hetero) is 1. The number of carbonyl (C=O) groups excluding carboxylic acids is 2. The van der Waals surface area contributed by atoms with E-state index in [2.05, 4.69) is 11.9 Å². The molecule has 3 nitrogen and oxygen atoms in total.